The summed E-state index contributed by atoms with van der Waals surface area (Å²) in [6.45, 7) is 0. The van der Waals surface area contributed by atoms with E-state index >= 15 is 0 Å². The summed E-state index contributed by atoms with van der Waals surface area (Å²) in [5.41, 5.74) is 0.710. The van der Waals surface area contributed by atoms with Crippen LogP contribution < -0.4 is 0 Å². The Morgan fingerprint density at radius 3 is 2.92 bits per heavy atom. The van der Waals surface area contributed by atoms with Gasteiger partial charge < -0.3 is 0 Å². The molecular weight excluding hydrogens is 229 g/mol. The highest BCUT2D eigenvalue weighted by molar-refractivity contribution is 7.22. The molecule has 5 heteroatoms. The van der Waals surface area contributed by atoms with Crippen LogP contribution in [0.3, 0.4) is 0 Å². The maximum absolute atomic E-state index is 10.8. The molecule has 0 radical (unpaired) electrons. The molecule has 0 atom stereocenters. The highest BCUT2D eigenvalue weighted by atomic mass is 35.5. The molecule has 13 heavy (non-hydrogen) atoms. The topological polar surface area (TPSA) is 30.0 Å². The van der Waals surface area contributed by atoms with Crippen LogP contribution in [-0.2, 0) is 0 Å². The fourth-order valence-electron chi connectivity index (χ4n) is 1.00. The molecule has 0 bridgehead atoms. The third kappa shape index (κ3) is 1.55. The normalized spacial score (nSPS) is 10.6. The number of nitrogens with zero attached hydrogens (tertiary/aromatic N) is 1. The fraction of sp³-hybridized carbons (Fsp3) is 0. The van der Waals surface area contributed by atoms with E-state index in [1.165, 1.54) is 11.3 Å². The number of carbonyl (C=O) groups is 1. The first-order valence-electron chi connectivity index (χ1n) is 3.42. The lowest BCUT2D eigenvalue weighted by Crippen LogP contribution is -1.78. The van der Waals surface area contributed by atoms with Crippen LogP contribution in [0.15, 0.2) is 18.3 Å². The van der Waals surface area contributed by atoms with Gasteiger partial charge in [0.05, 0.1) is 20.1 Å². The van der Waals surface area contributed by atoms with Crippen molar-refractivity contribution in [1.82, 2.24) is 4.98 Å². The van der Waals surface area contributed by atoms with E-state index in [4.69, 9.17) is 23.2 Å². The molecule has 0 saturated heterocycles. The third-order valence-electron chi connectivity index (χ3n) is 1.56. The van der Waals surface area contributed by atoms with E-state index in [9.17, 15) is 4.79 Å². The van der Waals surface area contributed by atoms with Crippen LogP contribution in [0.4, 0.5) is 0 Å². The van der Waals surface area contributed by atoms with Crippen LogP contribution in [0.2, 0.25) is 5.02 Å². The van der Waals surface area contributed by atoms with Gasteiger partial charge >= 0.3 is 0 Å². The second-order valence-electron chi connectivity index (χ2n) is 2.39. The maximum atomic E-state index is 10.8. The zero-order valence-electron chi connectivity index (χ0n) is 6.25. The second-order valence-corrected chi connectivity index (χ2v) is 4.19. The first kappa shape index (κ1) is 8.94. The second kappa shape index (κ2) is 3.25. The summed E-state index contributed by atoms with van der Waals surface area (Å²) in [6, 6.07) is 3.32. The highest BCUT2D eigenvalue weighted by Crippen LogP contribution is 2.30. The van der Waals surface area contributed by atoms with Gasteiger partial charge in [-0.25, -0.2) is 0 Å². The smallest absolute Gasteiger partial charge is 0.262 e. The molecule has 0 saturated carbocycles. The number of hydrogen-bond donors (Lipinski definition) is 0. The molecule has 66 valence electrons. The zero-order valence-corrected chi connectivity index (χ0v) is 8.58. The minimum Gasteiger partial charge on any atom is -0.275 e. The number of rotatable bonds is 1. The van der Waals surface area contributed by atoms with Crippen molar-refractivity contribution in [3.05, 3.63) is 28.2 Å². The molecule has 0 amide bonds. The van der Waals surface area contributed by atoms with Crippen LogP contribution in [0, 0.1) is 0 Å². The summed E-state index contributed by atoms with van der Waals surface area (Å²) in [7, 11) is 0. The molecule has 0 aliphatic carbocycles. The van der Waals surface area contributed by atoms with E-state index in [-0.39, 0.29) is 0 Å². The van der Waals surface area contributed by atoms with Crippen LogP contribution in [-0.4, -0.2) is 10.2 Å². The first-order chi connectivity index (χ1) is 6.18. The van der Waals surface area contributed by atoms with Crippen molar-refractivity contribution >= 4 is 50.0 Å². The van der Waals surface area contributed by atoms with E-state index in [0.717, 1.165) is 4.70 Å². The number of fused-ring (bicyclic) bond motifs is 1. The van der Waals surface area contributed by atoms with Gasteiger partial charge in [-0.2, -0.15) is 0 Å². The van der Waals surface area contributed by atoms with Gasteiger partial charge in [0.2, 0.25) is 0 Å². The van der Waals surface area contributed by atoms with Gasteiger partial charge in [0.1, 0.15) is 0 Å². The Labute approximate surface area is 88.1 Å². The number of pyridine rings is 1. The number of carbonyl (C=O) groups excluding carboxylic acids is 1. The molecule has 0 unspecified atom stereocenters. The predicted octanol–water partition coefficient (Wildman–Crippen LogP) is 3.33. The number of aromatic nitrogens is 1. The molecule has 0 fully saturated rings. The molecule has 2 heterocycles. The predicted molar refractivity (Wildman–Crippen MR) is 54.8 cm³/mol. The fourth-order valence-corrected chi connectivity index (χ4v) is 2.30. The molecule has 2 aromatic rings. The van der Waals surface area contributed by atoms with Crippen molar-refractivity contribution in [2.75, 3.05) is 0 Å². The lowest BCUT2D eigenvalue weighted by Gasteiger charge is -1.88. The maximum Gasteiger partial charge on any atom is 0.262 e. The van der Waals surface area contributed by atoms with Crippen molar-refractivity contribution in [3.8, 4) is 0 Å². The molecule has 0 aromatic carbocycles. The van der Waals surface area contributed by atoms with Gasteiger partial charge in [-0.05, 0) is 23.7 Å². The monoisotopic (exact) mass is 231 g/mol. The van der Waals surface area contributed by atoms with Gasteiger partial charge in [0, 0.05) is 6.20 Å². The van der Waals surface area contributed by atoms with Crippen molar-refractivity contribution in [2.24, 2.45) is 0 Å². The minimum absolute atomic E-state index is 0.470. The van der Waals surface area contributed by atoms with E-state index in [1.54, 1.807) is 18.3 Å². The van der Waals surface area contributed by atoms with Crippen LogP contribution in [0.1, 0.15) is 9.67 Å². The van der Waals surface area contributed by atoms with Crippen molar-refractivity contribution < 1.29 is 4.79 Å². The number of thiophene rings is 1. The largest absolute Gasteiger partial charge is 0.275 e. The number of halogens is 2. The molecule has 0 aliphatic heterocycles. The summed E-state index contributed by atoms with van der Waals surface area (Å²) in [5, 5.41) is 0.123. The first-order valence-corrected chi connectivity index (χ1v) is 4.99. The summed E-state index contributed by atoms with van der Waals surface area (Å²) in [4.78, 5) is 15.4. The third-order valence-corrected chi connectivity index (χ3v) is 3.46. The van der Waals surface area contributed by atoms with Crippen LogP contribution in [0.25, 0.3) is 10.2 Å². The molecule has 0 spiro atoms. The highest BCUT2D eigenvalue weighted by Gasteiger charge is 2.09. The summed E-state index contributed by atoms with van der Waals surface area (Å²) >= 11 is 12.5. The van der Waals surface area contributed by atoms with Gasteiger partial charge in [-0.3, -0.25) is 9.78 Å². The van der Waals surface area contributed by atoms with Gasteiger partial charge in [0.25, 0.3) is 5.24 Å². The van der Waals surface area contributed by atoms with Crippen molar-refractivity contribution in [3.63, 3.8) is 0 Å². The summed E-state index contributed by atoms with van der Waals surface area (Å²) < 4.78 is 0.799. The van der Waals surface area contributed by atoms with E-state index in [0.29, 0.717) is 15.4 Å². The van der Waals surface area contributed by atoms with Crippen molar-refractivity contribution in [2.45, 2.75) is 0 Å². The van der Waals surface area contributed by atoms with Gasteiger partial charge in [0.15, 0.2) is 0 Å². The van der Waals surface area contributed by atoms with Gasteiger partial charge in [-0.1, -0.05) is 11.6 Å². The average molecular weight is 232 g/mol. The van der Waals surface area contributed by atoms with E-state index in [1.807, 2.05) is 0 Å². The lowest BCUT2D eigenvalue weighted by molar-refractivity contribution is 0.108. The molecule has 0 aliphatic rings. The SMILES string of the molecule is O=C(Cl)c1cc2nccc(Cl)c2s1. The molecule has 2 nitrogen and oxygen atoms in total. The molecule has 2 rings (SSSR count). The zero-order chi connectivity index (χ0) is 9.42. The Morgan fingerprint density at radius 1 is 1.54 bits per heavy atom. The quantitative estimate of drug-likeness (QED) is 0.706. The minimum atomic E-state index is -0.473. The summed E-state index contributed by atoms with van der Waals surface area (Å²) in [6.07, 6.45) is 1.60. The molecule has 2 aromatic heterocycles. The lowest BCUT2D eigenvalue weighted by atomic mass is 10.4. The van der Waals surface area contributed by atoms with Crippen molar-refractivity contribution in [1.29, 1.82) is 0 Å². The van der Waals surface area contributed by atoms with Gasteiger partial charge in [-0.15, -0.1) is 11.3 Å². The summed E-state index contributed by atoms with van der Waals surface area (Å²) in [5.74, 6) is 0. The standard InChI is InChI=1S/C8H3Cl2NOS/c9-4-1-2-11-5-3-6(8(10)12)13-7(4)5/h1-3H. The van der Waals surface area contributed by atoms with Crippen LogP contribution >= 0.6 is 34.5 Å². The molecular formula is C8H3Cl2NOS. The Hall–Kier alpha value is -0.640. The Kier molecular flexibility index (Phi) is 2.24. The van der Waals surface area contributed by atoms with Crippen LogP contribution in [0.5, 0.6) is 0 Å². The van der Waals surface area contributed by atoms with E-state index in [2.05, 4.69) is 4.98 Å². The Balaban J connectivity index is 2.75. The Bertz CT molecular complexity index is 480. The Morgan fingerprint density at radius 2 is 2.31 bits per heavy atom. The molecule has 0 N–H and O–H groups in total. The number of hydrogen-bond acceptors (Lipinski definition) is 3. The average Bonchev–Trinajstić information content (AvgIpc) is 2.49. The van der Waals surface area contributed by atoms with E-state index < -0.39 is 5.24 Å².